The molecule has 0 radical (unpaired) electrons. The molecule has 0 aliphatic heterocycles. The fourth-order valence-electron chi connectivity index (χ4n) is 3.28. The molecule has 3 heterocycles. The zero-order chi connectivity index (χ0) is 23.8. The van der Waals surface area contributed by atoms with Gasteiger partial charge in [0.05, 0.1) is 11.8 Å². The van der Waals surface area contributed by atoms with E-state index >= 15 is 0 Å². The number of carbonyl (C=O) groups is 1. The van der Waals surface area contributed by atoms with Gasteiger partial charge in [-0.2, -0.15) is 18.3 Å². The summed E-state index contributed by atoms with van der Waals surface area (Å²) in [5, 5.41) is 19.0. The number of nitrogens with two attached hydrogens (primary N) is 1. The van der Waals surface area contributed by atoms with Crippen LogP contribution in [0.3, 0.4) is 0 Å². The van der Waals surface area contributed by atoms with Gasteiger partial charge in [-0.15, -0.1) is 0 Å². The highest BCUT2D eigenvalue weighted by Crippen LogP contribution is 2.33. The van der Waals surface area contributed by atoms with Gasteiger partial charge in [0.25, 0.3) is 0 Å². The van der Waals surface area contributed by atoms with Crippen molar-refractivity contribution in [1.29, 1.82) is 0 Å². The molecule has 3 aromatic heterocycles. The Balaban J connectivity index is 1.54. The molecule has 170 valence electrons. The summed E-state index contributed by atoms with van der Waals surface area (Å²) >= 11 is 0. The number of nitrogens with one attached hydrogen (secondary N) is 2. The van der Waals surface area contributed by atoms with E-state index in [0.29, 0.717) is 22.5 Å². The van der Waals surface area contributed by atoms with Crippen LogP contribution in [0.4, 0.5) is 35.3 Å². The van der Waals surface area contributed by atoms with Crippen LogP contribution in [0.2, 0.25) is 0 Å². The van der Waals surface area contributed by atoms with Crippen molar-refractivity contribution in [3.8, 4) is 11.1 Å². The van der Waals surface area contributed by atoms with Crippen LogP contribution in [0.15, 0.2) is 54.9 Å². The summed E-state index contributed by atoms with van der Waals surface area (Å²) in [6, 6.07) is 10.9. The minimum atomic E-state index is -4.62. The number of urea groups is 1. The highest BCUT2D eigenvalue weighted by atomic mass is 19.4. The number of nitrogen functional groups attached to an aromatic ring is 1. The van der Waals surface area contributed by atoms with E-state index in [1.807, 2.05) is 0 Å². The molecule has 0 aliphatic carbocycles. The molecule has 2 amide bonds. The molecule has 0 saturated heterocycles. The third-order valence-electron chi connectivity index (χ3n) is 4.77. The van der Waals surface area contributed by atoms with Gasteiger partial charge in [0.1, 0.15) is 23.4 Å². The maximum absolute atomic E-state index is 12.8. The Labute approximate surface area is 185 Å². The van der Waals surface area contributed by atoms with E-state index in [1.54, 1.807) is 37.3 Å². The first kappa shape index (κ1) is 22.0. The zero-order valence-electron chi connectivity index (χ0n) is 17.1. The van der Waals surface area contributed by atoms with Gasteiger partial charge < -0.3 is 16.2 Å². The summed E-state index contributed by atoms with van der Waals surface area (Å²) in [6.45, 7) is 1.61. The highest BCUT2D eigenvalue weighted by Gasteiger charge is 2.32. The molecule has 5 N–H and O–H groups in total. The molecule has 4 aromatic rings. The van der Waals surface area contributed by atoms with Crippen LogP contribution in [0.1, 0.15) is 24.4 Å². The number of halogens is 3. The summed E-state index contributed by atoms with van der Waals surface area (Å²) in [7, 11) is 0. The Kier molecular flexibility index (Phi) is 5.60. The smallest absolute Gasteiger partial charge is 0.387 e. The lowest BCUT2D eigenvalue weighted by molar-refractivity contribution is -0.141. The molecule has 12 heteroatoms. The lowest BCUT2D eigenvalue weighted by atomic mass is 10.1. The number of hydrogen-bond donors (Lipinski definition) is 4. The molecule has 1 unspecified atom stereocenters. The van der Waals surface area contributed by atoms with E-state index in [-0.39, 0.29) is 11.6 Å². The average Bonchev–Trinajstić information content (AvgIpc) is 3.15. The molecule has 0 saturated carbocycles. The second-order valence-electron chi connectivity index (χ2n) is 7.13. The molecule has 0 bridgehead atoms. The van der Waals surface area contributed by atoms with Crippen molar-refractivity contribution in [2.24, 2.45) is 0 Å². The Hall–Kier alpha value is -4.19. The number of amides is 2. The molecular weight excluding hydrogens is 439 g/mol. The number of aliphatic hydroxyl groups excluding tert-OH is 1. The normalized spacial score (nSPS) is 12.5. The van der Waals surface area contributed by atoms with Gasteiger partial charge in [0.2, 0.25) is 0 Å². The first-order valence-electron chi connectivity index (χ1n) is 9.66. The lowest BCUT2D eigenvalue weighted by Gasteiger charge is -2.10. The van der Waals surface area contributed by atoms with Crippen molar-refractivity contribution in [3.05, 3.63) is 66.2 Å². The van der Waals surface area contributed by atoms with Gasteiger partial charge in [-0.25, -0.2) is 19.3 Å². The quantitative estimate of drug-likeness (QED) is 0.365. The third kappa shape index (κ3) is 4.55. The molecule has 1 aromatic carbocycles. The Bertz CT molecular complexity index is 1320. The number of alkyl halides is 3. The van der Waals surface area contributed by atoms with Crippen LogP contribution < -0.4 is 16.4 Å². The maximum atomic E-state index is 12.8. The van der Waals surface area contributed by atoms with E-state index in [4.69, 9.17) is 5.73 Å². The van der Waals surface area contributed by atoms with Crippen molar-refractivity contribution >= 4 is 28.9 Å². The first-order valence-corrected chi connectivity index (χ1v) is 9.66. The molecule has 0 aliphatic rings. The van der Waals surface area contributed by atoms with Crippen molar-refractivity contribution in [2.75, 3.05) is 16.4 Å². The molecule has 4 rings (SSSR count). The molecule has 0 spiro atoms. The van der Waals surface area contributed by atoms with E-state index in [2.05, 4.69) is 25.7 Å². The average molecular weight is 457 g/mol. The minimum Gasteiger partial charge on any atom is -0.387 e. The van der Waals surface area contributed by atoms with Gasteiger partial charge in [0, 0.05) is 11.3 Å². The largest absolute Gasteiger partial charge is 0.433 e. The van der Waals surface area contributed by atoms with Crippen molar-refractivity contribution in [1.82, 2.24) is 19.6 Å². The maximum Gasteiger partial charge on any atom is 0.433 e. The monoisotopic (exact) mass is 457 g/mol. The van der Waals surface area contributed by atoms with Gasteiger partial charge in [-0.05, 0) is 42.8 Å². The fraction of sp³-hybridized carbons (Fsp3) is 0.143. The number of hydrogen-bond acceptors (Lipinski definition) is 6. The number of benzene rings is 1. The van der Waals surface area contributed by atoms with Crippen LogP contribution in [0, 0.1) is 0 Å². The van der Waals surface area contributed by atoms with Gasteiger partial charge in [0.15, 0.2) is 5.82 Å². The SMILES string of the molecule is CC(O)c1cc(-c2ccc(NC(=O)Nc3cccc(C(F)(F)F)n3)cc2)c2c(N)ncnn12. The van der Waals surface area contributed by atoms with E-state index in [1.165, 1.54) is 16.9 Å². The second kappa shape index (κ2) is 8.39. The number of rotatable bonds is 4. The number of fused-ring (bicyclic) bond motifs is 1. The van der Waals surface area contributed by atoms with Gasteiger partial charge in [-0.1, -0.05) is 18.2 Å². The predicted molar refractivity (Wildman–Crippen MR) is 115 cm³/mol. The van der Waals surface area contributed by atoms with Crippen molar-refractivity contribution in [3.63, 3.8) is 0 Å². The van der Waals surface area contributed by atoms with Crippen molar-refractivity contribution < 1.29 is 23.1 Å². The van der Waals surface area contributed by atoms with E-state index in [0.717, 1.165) is 17.7 Å². The van der Waals surface area contributed by atoms with Gasteiger partial charge in [-0.3, -0.25) is 5.32 Å². The van der Waals surface area contributed by atoms with Gasteiger partial charge >= 0.3 is 12.2 Å². The lowest BCUT2D eigenvalue weighted by Crippen LogP contribution is -2.21. The summed E-state index contributed by atoms with van der Waals surface area (Å²) in [5.74, 6) is 0.00224. The molecular formula is C21H18F3N7O2. The Morgan fingerprint density at radius 3 is 2.55 bits per heavy atom. The Morgan fingerprint density at radius 1 is 1.15 bits per heavy atom. The van der Waals surface area contributed by atoms with Crippen LogP contribution in [-0.2, 0) is 6.18 Å². The summed E-state index contributed by atoms with van der Waals surface area (Å²) in [5.41, 5.74) is 7.79. The first-order chi connectivity index (χ1) is 15.6. The molecule has 0 fully saturated rings. The number of anilines is 3. The number of aliphatic hydroxyl groups is 1. The van der Waals surface area contributed by atoms with Crippen LogP contribution in [0.25, 0.3) is 16.6 Å². The molecule has 1 atom stereocenters. The van der Waals surface area contributed by atoms with Crippen molar-refractivity contribution in [2.45, 2.75) is 19.2 Å². The van der Waals surface area contributed by atoms with Crippen LogP contribution >= 0.6 is 0 Å². The summed E-state index contributed by atoms with van der Waals surface area (Å²) in [6.07, 6.45) is -4.12. The van der Waals surface area contributed by atoms with E-state index < -0.39 is 24.0 Å². The van der Waals surface area contributed by atoms with Crippen LogP contribution in [0.5, 0.6) is 0 Å². The third-order valence-corrected chi connectivity index (χ3v) is 4.77. The van der Waals surface area contributed by atoms with Crippen LogP contribution in [-0.4, -0.2) is 30.7 Å². The second-order valence-corrected chi connectivity index (χ2v) is 7.13. The molecule has 33 heavy (non-hydrogen) atoms. The summed E-state index contributed by atoms with van der Waals surface area (Å²) < 4.78 is 39.8. The summed E-state index contributed by atoms with van der Waals surface area (Å²) in [4.78, 5) is 19.6. The zero-order valence-corrected chi connectivity index (χ0v) is 17.1. The fourth-order valence-corrected chi connectivity index (χ4v) is 3.28. The topological polar surface area (TPSA) is 130 Å². The Morgan fingerprint density at radius 2 is 1.88 bits per heavy atom. The van der Waals surface area contributed by atoms with E-state index in [9.17, 15) is 23.1 Å². The molecule has 9 nitrogen and oxygen atoms in total. The number of nitrogens with zero attached hydrogens (tertiary/aromatic N) is 4. The number of carbonyl (C=O) groups excluding carboxylic acids is 1. The standard InChI is InChI=1S/C21H18F3N7O2/c1-11(32)15-9-14(18-19(25)26-10-27-31(15)18)12-5-7-13(8-6-12)28-20(33)30-17-4-2-3-16(29-17)21(22,23)24/h2-11,32H,1H3,(H2,25,26,27)(H2,28,29,30,33). The number of aromatic nitrogens is 4. The highest BCUT2D eigenvalue weighted by molar-refractivity contribution is 5.99. The minimum absolute atomic E-state index is 0.236. The predicted octanol–water partition coefficient (Wildman–Crippen LogP) is 4.09. The number of pyridine rings is 1.